The van der Waals surface area contributed by atoms with E-state index in [1.54, 1.807) is 0 Å². The summed E-state index contributed by atoms with van der Waals surface area (Å²) in [6, 6.07) is 9.43. The number of aliphatic carboxylic acids is 1. The van der Waals surface area contributed by atoms with Crippen LogP contribution in [-0.2, 0) is 9.59 Å². The number of carbonyl (C=O) groups excluding carboxylic acids is 3. The summed E-state index contributed by atoms with van der Waals surface area (Å²) < 4.78 is 41.4. The first-order chi connectivity index (χ1) is 19.9. The molecule has 3 aromatic rings. The van der Waals surface area contributed by atoms with Gasteiger partial charge in [0.15, 0.2) is 6.17 Å². The predicted octanol–water partition coefficient (Wildman–Crippen LogP) is 3.66. The molecule has 1 fully saturated rings. The van der Waals surface area contributed by atoms with Crippen molar-refractivity contribution in [1.82, 2.24) is 15.1 Å². The number of nitrogens with zero attached hydrogens (tertiary/aromatic N) is 3. The molecule has 4 rings (SSSR count). The molecule has 1 aliphatic rings. The Labute approximate surface area is 235 Å². The Morgan fingerprint density at radius 3 is 2.31 bits per heavy atom. The minimum atomic E-state index is -1.74. The average molecular weight is 585 g/mol. The molecule has 3 aromatic carbocycles. The zero-order valence-electron chi connectivity index (χ0n) is 21.5. The highest BCUT2D eigenvalue weighted by atomic mass is 19.1. The largest absolute Gasteiger partial charge is 0.481 e. The summed E-state index contributed by atoms with van der Waals surface area (Å²) in [5.41, 5.74) is -0.884. The van der Waals surface area contributed by atoms with E-state index < -0.39 is 70.5 Å². The standard InChI is InChI=1S/C27H22F3N5O7/c28-17-5-1-4-16(11-17)26(39)33-9-10-34(27(40)32-21-8-7-18(29)13-20(21)30)25(33)24(38)31-22(14-23(36)37)15-3-2-6-19(12-15)35(41)42/h1-8,11-13,22,25H,9-10,14H2,(H,31,38)(H,32,40)(H,36,37). The molecule has 2 unspecified atom stereocenters. The number of urea groups is 1. The number of hydrogen-bond acceptors (Lipinski definition) is 6. The molecule has 12 nitrogen and oxygen atoms in total. The highest BCUT2D eigenvalue weighted by Gasteiger charge is 2.44. The first kappa shape index (κ1) is 29.5. The van der Waals surface area contributed by atoms with Crippen LogP contribution in [0.3, 0.4) is 0 Å². The van der Waals surface area contributed by atoms with Gasteiger partial charge >= 0.3 is 12.0 Å². The van der Waals surface area contributed by atoms with Gasteiger partial charge in [-0.15, -0.1) is 0 Å². The molecule has 218 valence electrons. The van der Waals surface area contributed by atoms with Crippen molar-refractivity contribution in [3.8, 4) is 0 Å². The van der Waals surface area contributed by atoms with Gasteiger partial charge in [0.05, 0.1) is 23.1 Å². The third-order valence-electron chi connectivity index (χ3n) is 6.35. The lowest BCUT2D eigenvalue weighted by molar-refractivity contribution is -0.384. The van der Waals surface area contributed by atoms with Gasteiger partial charge in [0.1, 0.15) is 17.5 Å². The van der Waals surface area contributed by atoms with Gasteiger partial charge < -0.3 is 20.6 Å². The second kappa shape index (κ2) is 12.4. The van der Waals surface area contributed by atoms with Crippen molar-refractivity contribution in [3.05, 3.63) is 105 Å². The number of non-ortho nitro benzene ring substituents is 1. The SMILES string of the molecule is O=C(O)CC(NC(=O)C1N(C(=O)Nc2ccc(F)cc2F)CCN1C(=O)c1cccc(F)c1)c1cccc([N+](=O)[O-])c1. The van der Waals surface area contributed by atoms with Gasteiger partial charge in [0.25, 0.3) is 17.5 Å². The van der Waals surface area contributed by atoms with Crippen LogP contribution in [0.25, 0.3) is 0 Å². The average Bonchev–Trinajstić information content (AvgIpc) is 3.39. The van der Waals surface area contributed by atoms with Crippen LogP contribution in [0, 0.1) is 27.6 Å². The number of carboxylic acids is 1. The predicted molar refractivity (Wildman–Crippen MR) is 140 cm³/mol. The Kier molecular flexibility index (Phi) is 8.69. The summed E-state index contributed by atoms with van der Waals surface area (Å²) in [5, 5.41) is 25.3. The minimum absolute atomic E-state index is 0.0605. The van der Waals surface area contributed by atoms with Gasteiger partial charge in [-0.05, 0) is 35.9 Å². The molecule has 0 spiro atoms. The molecule has 42 heavy (non-hydrogen) atoms. The van der Waals surface area contributed by atoms with Crippen molar-refractivity contribution < 1.29 is 42.4 Å². The normalized spacial score (nSPS) is 15.2. The number of nitrogens with one attached hydrogen (secondary N) is 2. The van der Waals surface area contributed by atoms with E-state index in [-0.39, 0.29) is 29.9 Å². The molecule has 2 atom stereocenters. The van der Waals surface area contributed by atoms with Gasteiger partial charge in [-0.3, -0.25) is 29.4 Å². The van der Waals surface area contributed by atoms with E-state index in [1.807, 2.05) is 0 Å². The molecular formula is C27H22F3N5O7. The summed E-state index contributed by atoms with van der Waals surface area (Å²) >= 11 is 0. The van der Waals surface area contributed by atoms with Crippen LogP contribution < -0.4 is 10.6 Å². The fraction of sp³-hybridized carbons (Fsp3) is 0.185. The van der Waals surface area contributed by atoms with Gasteiger partial charge in [-0.1, -0.05) is 18.2 Å². The number of nitro benzene ring substituents is 1. The van der Waals surface area contributed by atoms with Crippen LogP contribution in [0.5, 0.6) is 0 Å². The highest BCUT2D eigenvalue weighted by molar-refractivity contribution is 6.00. The number of amides is 4. The highest BCUT2D eigenvalue weighted by Crippen LogP contribution is 2.26. The van der Waals surface area contributed by atoms with E-state index in [1.165, 1.54) is 30.3 Å². The number of rotatable bonds is 8. The van der Waals surface area contributed by atoms with E-state index in [4.69, 9.17) is 0 Å². The third kappa shape index (κ3) is 6.63. The first-order valence-electron chi connectivity index (χ1n) is 12.3. The third-order valence-corrected chi connectivity index (χ3v) is 6.35. The van der Waals surface area contributed by atoms with E-state index in [2.05, 4.69) is 10.6 Å². The van der Waals surface area contributed by atoms with Crippen molar-refractivity contribution in [2.75, 3.05) is 18.4 Å². The van der Waals surface area contributed by atoms with Crippen LogP contribution in [0.1, 0.15) is 28.4 Å². The lowest BCUT2D eigenvalue weighted by Crippen LogP contribution is -2.55. The van der Waals surface area contributed by atoms with E-state index in [9.17, 15) is 47.6 Å². The smallest absolute Gasteiger partial charge is 0.324 e. The van der Waals surface area contributed by atoms with Crippen LogP contribution in [0.4, 0.5) is 29.3 Å². The molecule has 0 aromatic heterocycles. The lowest BCUT2D eigenvalue weighted by atomic mass is 10.0. The number of nitro groups is 1. The van der Waals surface area contributed by atoms with Gasteiger partial charge in [0, 0.05) is 36.9 Å². The molecule has 0 saturated carbocycles. The van der Waals surface area contributed by atoms with Crippen LogP contribution in [-0.4, -0.2) is 62.9 Å². The number of carboxylic acid groups (broad SMARTS) is 1. The Bertz CT molecular complexity index is 1570. The van der Waals surface area contributed by atoms with Gasteiger partial charge in [-0.2, -0.15) is 0 Å². The zero-order chi connectivity index (χ0) is 30.6. The summed E-state index contributed by atoms with van der Waals surface area (Å²) in [4.78, 5) is 64.1. The van der Waals surface area contributed by atoms with E-state index in [0.29, 0.717) is 6.07 Å². The number of benzene rings is 3. The lowest BCUT2D eigenvalue weighted by Gasteiger charge is -2.31. The number of hydrogen-bond donors (Lipinski definition) is 3. The molecule has 1 heterocycles. The quantitative estimate of drug-likeness (QED) is 0.268. The Balaban J connectivity index is 1.68. The zero-order valence-corrected chi connectivity index (χ0v) is 21.5. The number of halogens is 3. The van der Waals surface area contributed by atoms with Crippen molar-refractivity contribution in [2.45, 2.75) is 18.6 Å². The second-order valence-electron chi connectivity index (χ2n) is 9.14. The maximum absolute atomic E-state index is 14.2. The van der Waals surface area contributed by atoms with Crippen LogP contribution in [0.2, 0.25) is 0 Å². The molecule has 1 aliphatic heterocycles. The van der Waals surface area contributed by atoms with Crippen LogP contribution in [0.15, 0.2) is 66.7 Å². The van der Waals surface area contributed by atoms with Crippen molar-refractivity contribution >= 4 is 35.2 Å². The number of anilines is 1. The summed E-state index contributed by atoms with van der Waals surface area (Å²) in [6.07, 6.45) is -2.45. The molecule has 0 bridgehead atoms. The van der Waals surface area contributed by atoms with Gasteiger partial charge in [-0.25, -0.2) is 18.0 Å². The van der Waals surface area contributed by atoms with Crippen molar-refractivity contribution in [3.63, 3.8) is 0 Å². The molecule has 3 N–H and O–H groups in total. The maximum atomic E-state index is 14.2. The molecule has 0 aliphatic carbocycles. The topological polar surface area (TPSA) is 162 Å². The van der Waals surface area contributed by atoms with Crippen LogP contribution >= 0.6 is 0 Å². The minimum Gasteiger partial charge on any atom is -0.481 e. The summed E-state index contributed by atoms with van der Waals surface area (Å²) in [5.74, 6) is -6.01. The molecular weight excluding hydrogens is 563 g/mol. The second-order valence-corrected chi connectivity index (χ2v) is 9.14. The molecule has 0 radical (unpaired) electrons. The monoisotopic (exact) mass is 585 g/mol. The molecule has 4 amide bonds. The Morgan fingerprint density at radius 2 is 1.64 bits per heavy atom. The number of carbonyl (C=O) groups is 4. The first-order valence-corrected chi connectivity index (χ1v) is 12.3. The van der Waals surface area contributed by atoms with E-state index in [0.717, 1.165) is 40.1 Å². The summed E-state index contributed by atoms with van der Waals surface area (Å²) in [7, 11) is 0. The fourth-order valence-electron chi connectivity index (χ4n) is 4.43. The Morgan fingerprint density at radius 1 is 0.952 bits per heavy atom. The molecule has 15 heteroatoms. The Hall–Kier alpha value is -5.47. The maximum Gasteiger partial charge on any atom is 0.324 e. The van der Waals surface area contributed by atoms with Crippen molar-refractivity contribution in [1.29, 1.82) is 0 Å². The summed E-state index contributed by atoms with van der Waals surface area (Å²) in [6.45, 7) is -0.485. The van der Waals surface area contributed by atoms with E-state index >= 15 is 0 Å². The van der Waals surface area contributed by atoms with Gasteiger partial charge in [0.2, 0.25) is 0 Å². The fourth-order valence-corrected chi connectivity index (χ4v) is 4.43. The molecule has 1 saturated heterocycles. The van der Waals surface area contributed by atoms with Crippen molar-refractivity contribution in [2.24, 2.45) is 0 Å².